The van der Waals surface area contributed by atoms with Crippen molar-refractivity contribution >= 4 is 5.97 Å². The van der Waals surface area contributed by atoms with Gasteiger partial charge >= 0.3 is 5.97 Å². The molecule has 1 unspecified atom stereocenters. The molecule has 0 aliphatic carbocycles. The molecule has 5 heteroatoms. The van der Waals surface area contributed by atoms with E-state index in [4.69, 9.17) is 10.8 Å². The predicted molar refractivity (Wildman–Crippen MR) is 35.2 cm³/mol. The summed E-state index contributed by atoms with van der Waals surface area (Å²) < 4.78 is 0. The molecule has 4 N–H and O–H groups in total. The molecule has 5 nitrogen and oxygen atoms in total. The van der Waals surface area contributed by atoms with Gasteiger partial charge in [-0.25, -0.2) is 0 Å². The lowest BCUT2D eigenvalue weighted by Crippen LogP contribution is -2.45. The Hall–Kier alpha value is -0.650. The monoisotopic (exact) mass is 145 g/mol. The fourth-order valence-corrected chi connectivity index (χ4v) is 0.975. The number of rotatable bonds is 2. The van der Waals surface area contributed by atoms with Crippen molar-refractivity contribution in [3.8, 4) is 0 Å². The van der Waals surface area contributed by atoms with Crippen LogP contribution in [0.5, 0.6) is 0 Å². The highest BCUT2D eigenvalue weighted by Gasteiger charge is 2.21. The maximum absolute atomic E-state index is 10.2. The molecule has 1 aliphatic heterocycles. The summed E-state index contributed by atoms with van der Waals surface area (Å²) in [5.41, 5.74) is 5.48. The fraction of sp³-hybridized carbons (Fsp3) is 0.800. The molecular weight excluding hydrogens is 134 g/mol. The van der Waals surface area contributed by atoms with Gasteiger partial charge in [-0.1, -0.05) is 0 Å². The zero-order chi connectivity index (χ0) is 7.56. The van der Waals surface area contributed by atoms with E-state index in [1.165, 1.54) is 0 Å². The largest absolute Gasteiger partial charge is 0.480 e. The third-order valence-corrected chi connectivity index (χ3v) is 1.48. The van der Waals surface area contributed by atoms with E-state index in [9.17, 15) is 4.79 Å². The number of carboxylic acids is 1. The van der Waals surface area contributed by atoms with Crippen LogP contribution in [0.3, 0.4) is 0 Å². The van der Waals surface area contributed by atoms with Crippen LogP contribution in [0, 0.1) is 0 Å². The van der Waals surface area contributed by atoms with Gasteiger partial charge in [-0.2, -0.15) is 0 Å². The molecule has 10 heavy (non-hydrogen) atoms. The van der Waals surface area contributed by atoms with Gasteiger partial charge in [0.1, 0.15) is 6.29 Å². The summed E-state index contributed by atoms with van der Waals surface area (Å²) in [5, 5.41) is 11.3. The summed E-state index contributed by atoms with van der Waals surface area (Å²) in [6.07, 6.45) is -0.281. The van der Waals surface area contributed by atoms with E-state index in [0.717, 1.165) is 6.54 Å². The number of aliphatic carboxylic acids is 1. The van der Waals surface area contributed by atoms with Gasteiger partial charge in [-0.3, -0.25) is 15.0 Å². The average Bonchev–Trinajstić information content (AvgIpc) is 2.15. The highest BCUT2D eigenvalue weighted by molar-refractivity contribution is 5.69. The zero-order valence-corrected chi connectivity index (χ0v) is 5.58. The molecule has 0 saturated carbocycles. The Bertz CT molecular complexity index is 139. The van der Waals surface area contributed by atoms with Crippen molar-refractivity contribution in [2.24, 2.45) is 5.73 Å². The van der Waals surface area contributed by atoms with Crippen molar-refractivity contribution in [2.45, 2.75) is 6.29 Å². The zero-order valence-electron chi connectivity index (χ0n) is 5.58. The van der Waals surface area contributed by atoms with Crippen LogP contribution in [0.4, 0.5) is 0 Å². The number of carbonyl (C=O) groups is 1. The summed E-state index contributed by atoms with van der Waals surface area (Å²) in [5.74, 6) is -0.834. The van der Waals surface area contributed by atoms with Gasteiger partial charge in [-0.15, -0.1) is 0 Å². The molecular formula is C5H11N3O2. The maximum Gasteiger partial charge on any atom is 0.317 e. The lowest BCUT2D eigenvalue weighted by atomic mass is 10.5. The second-order valence-electron chi connectivity index (χ2n) is 2.26. The van der Waals surface area contributed by atoms with Crippen molar-refractivity contribution in [3.63, 3.8) is 0 Å². The molecule has 1 atom stereocenters. The Morgan fingerprint density at radius 3 is 3.00 bits per heavy atom. The molecule has 0 aromatic carbocycles. The normalized spacial score (nSPS) is 27.1. The first-order chi connectivity index (χ1) is 4.70. The van der Waals surface area contributed by atoms with Crippen LogP contribution in [-0.4, -0.2) is 41.9 Å². The molecule has 0 spiro atoms. The molecule has 0 aromatic rings. The van der Waals surface area contributed by atoms with Gasteiger partial charge < -0.3 is 10.8 Å². The summed E-state index contributed by atoms with van der Waals surface area (Å²) in [7, 11) is 0. The summed E-state index contributed by atoms with van der Waals surface area (Å²) in [6, 6.07) is 0. The van der Waals surface area contributed by atoms with Gasteiger partial charge in [0.15, 0.2) is 0 Å². The minimum absolute atomic E-state index is 0.0220. The van der Waals surface area contributed by atoms with Crippen LogP contribution >= 0.6 is 0 Å². The van der Waals surface area contributed by atoms with E-state index in [2.05, 4.69) is 5.32 Å². The highest BCUT2D eigenvalue weighted by Crippen LogP contribution is 1.95. The topological polar surface area (TPSA) is 78.6 Å². The van der Waals surface area contributed by atoms with E-state index in [0.29, 0.717) is 6.54 Å². The molecule has 0 bridgehead atoms. The number of nitrogens with two attached hydrogens (primary N) is 1. The van der Waals surface area contributed by atoms with Crippen molar-refractivity contribution < 1.29 is 9.90 Å². The molecule has 1 fully saturated rings. The van der Waals surface area contributed by atoms with E-state index < -0.39 is 5.97 Å². The second kappa shape index (κ2) is 2.96. The SMILES string of the molecule is NC1NCCN1CC(=O)O. The minimum Gasteiger partial charge on any atom is -0.480 e. The molecule has 1 rings (SSSR count). The number of hydrogen-bond donors (Lipinski definition) is 3. The van der Waals surface area contributed by atoms with Gasteiger partial charge in [0.05, 0.1) is 6.54 Å². The fourth-order valence-electron chi connectivity index (χ4n) is 0.975. The summed E-state index contributed by atoms with van der Waals surface area (Å²) >= 11 is 0. The molecule has 1 heterocycles. The van der Waals surface area contributed by atoms with E-state index in [1.807, 2.05) is 0 Å². The van der Waals surface area contributed by atoms with E-state index >= 15 is 0 Å². The Morgan fingerprint density at radius 2 is 2.60 bits per heavy atom. The average molecular weight is 145 g/mol. The van der Waals surface area contributed by atoms with Crippen LogP contribution in [0.1, 0.15) is 0 Å². The van der Waals surface area contributed by atoms with Gasteiger partial charge in [0.25, 0.3) is 0 Å². The maximum atomic E-state index is 10.2. The lowest BCUT2D eigenvalue weighted by molar-refractivity contribution is -0.138. The van der Waals surface area contributed by atoms with Crippen LogP contribution < -0.4 is 11.1 Å². The first kappa shape index (κ1) is 7.46. The van der Waals surface area contributed by atoms with Crippen molar-refractivity contribution in [1.29, 1.82) is 0 Å². The molecule has 0 amide bonds. The smallest absolute Gasteiger partial charge is 0.317 e. The van der Waals surface area contributed by atoms with Crippen molar-refractivity contribution in [2.75, 3.05) is 19.6 Å². The minimum atomic E-state index is -0.834. The Labute approximate surface area is 58.8 Å². The predicted octanol–water partition coefficient (Wildman–Crippen LogP) is -1.78. The van der Waals surface area contributed by atoms with Crippen LogP contribution in [0.2, 0.25) is 0 Å². The molecule has 1 aliphatic rings. The van der Waals surface area contributed by atoms with Crippen LogP contribution in [0.25, 0.3) is 0 Å². The van der Waals surface area contributed by atoms with Crippen LogP contribution in [0.15, 0.2) is 0 Å². The van der Waals surface area contributed by atoms with Crippen LogP contribution in [-0.2, 0) is 4.79 Å². The number of nitrogens with zero attached hydrogens (tertiary/aromatic N) is 1. The molecule has 58 valence electrons. The summed E-state index contributed by atoms with van der Waals surface area (Å²) in [6.45, 7) is 1.51. The van der Waals surface area contributed by atoms with Crippen molar-refractivity contribution in [1.82, 2.24) is 10.2 Å². The number of hydrogen-bond acceptors (Lipinski definition) is 4. The number of nitrogens with one attached hydrogen (secondary N) is 1. The third-order valence-electron chi connectivity index (χ3n) is 1.48. The molecule has 0 aromatic heterocycles. The van der Waals surface area contributed by atoms with Crippen molar-refractivity contribution in [3.05, 3.63) is 0 Å². The first-order valence-electron chi connectivity index (χ1n) is 3.15. The van der Waals surface area contributed by atoms with E-state index in [-0.39, 0.29) is 12.8 Å². The Balaban J connectivity index is 2.33. The molecule has 1 saturated heterocycles. The standard InChI is InChI=1S/C5H11N3O2/c6-5-7-1-2-8(5)3-4(9)10/h5,7H,1-3,6H2,(H,9,10). The lowest BCUT2D eigenvalue weighted by Gasteiger charge is -2.16. The number of carboxylic acid groups (broad SMARTS) is 1. The van der Waals surface area contributed by atoms with Gasteiger partial charge in [0.2, 0.25) is 0 Å². The quantitative estimate of drug-likeness (QED) is 0.428. The second-order valence-corrected chi connectivity index (χ2v) is 2.26. The van der Waals surface area contributed by atoms with E-state index in [1.54, 1.807) is 4.90 Å². The van der Waals surface area contributed by atoms with Gasteiger partial charge in [0, 0.05) is 13.1 Å². The third kappa shape index (κ3) is 1.66. The highest BCUT2D eigenvalue weighted by atomic mass is 16.4. The Morgan fingerprint density at radius 1 is 1.90 bits per heavy atom. The van der Waals surface area contributed by atoms with Gasteiger partial charge in [-0.05, 0) is 0 Å². The first-order valence-corrected chi connectivity index (χ1v) is 3.15. The molecule has 0 radical (unpaired) electrons. The Kier molecular flexibility index (Phi) is 2.21. The summed E-state index contributed by atoms with van der Waals surface area (Å²) in [4.78, 5) is 11.8.